The molecule has 2 fully saturated rings. The van der Waals surface area contributed by atoms with Crippen LogP contribution in [-0.4, -0.2) is 65.8 Å². The van der Waals surface area contributed by atoms with Gasteiger partial charge in [0.2, 0.25) is 5.91 Å². The smallest absolute Gasteiger partial charge is 0.233 e. The van der Waals surface area contributed by atoms with Gasteiger partial charge in [0.25, 0.3) is 0 Å². The van der Waals surface area contributed by atoms with Gasteiger partial charge in [-0.1, -0.05) is 41.6 Å². The van der Waals surface area contributed by atoms with Gasteiger partial charge in [-0.2, -0.15) is 0 Å². The lowest BCUT2D eigenvalue weighted by Gasteiger charge is -2.36. The van der Waals surface area contributed by atoms with Gasteiger partial charge < -0.3 is 14.7 Å². The first-order chi connectivity index (χ1) is 14.6. The van der Waals surface area contributed by atoms with Gasteiger partial charge >= 0.3 is 0 Å². The van der Waals surface area contributed by atoms with Crippen LogP contribution >= 0.6 is 23.4 Å². The summed E-state index contributed by atoms with van der Waals surface area (Å²) in [5, 5.41) is 1.02. The number of piperidine rings is 1. The zero-order valence-electron chi connectivity index (χ0n) is 17.4. The molecule has 3 heterocycles. The number of anilines is 2. The Labute approximate surface area is 187 Å². The third-order valence-corrected chi connectivity index (χ3v) is 6.78. The van der Waals surface area contributed by atoms with Gasteiger partial charge in [0.15, 0.2) is 5.16 Å². The van der Waals surface area contributed by atoms with E-state index in [2.05, 4.69) is 51.0 Å². The summed E-state index contributed by atoms with van der Waals surface area (Å²) in [4.78, 5) is 28.3. The van der Waals surface area contributed by atoms with Crippen molar-refractivity contribution >= 4 is 40.8 Å². The molecule has 0 N–H and O–H groups in total. The second-order valence-electron chi connectivity index (χ2n) is 7.82. The molecule has 4 rings (SSSR count). The standard InChI is InChI=1S/C22H28ClN5OS/c1-17-7-3-4-8-18(17)26-11-13-28(14-12-26)21(29)16-30-22-24-19(23)15-20(25-22)27-9-5-2-6-10-27/h3-4,7-8,15H,2,5-6,9-14,16H2,1H3. The number of benzene rings is 1. The Balaban J connectivity index is 1.31. The Hall–Kier alpha value is -1.99. The second kappa shape index (κ2) is 9.88. The molecule has 0 bridgehead atoms. The molecular weight excluding hydrogens is 418 g/mol. The molecule has 2 aromatic rings. The SMILES string of the molecule is Cc1ccccc1N1CCN(C(=O)CSc2nc(Cl)cc(N3CCCCC3)n2)CC1. The number of carbonyl (C=O) groups excluding carboxylic acids is 1. The summed E-state index contributed by atoms with van der Waals surface area (Å²) in [5.74, 6) is 1.34. The molecule has 0 spiro atoms. The normalized spacial score (nSPS) is 17.3. The summed E-state index contributed by atoms with van der Waals surface area (Å²) in [6.07, 6.45) is 3.62. The zero-order valence-corrected chi connectivity index (χ0v) is 19.0. The number of piperazine rings is 1. The highest BCUT2D eigenvalue weighted by molar-refractivity contribution is 7.99. The number of para-hydroxylation sites is 1. The molecule has 0 saturated carbocycles. The second-order valence-corrected chi connectivity index (χ2v) is 9.15. The number of aromatic nitrogens is 2. The van der Waals surface area contributed by atoms with Gasteiger partial charge in [-0.05, 0) is 37.8 Å². The van der Waals surface area contributed by atoms with Crippen LogP contribution in [0.1, 0.15) is 24.8 Å². The summed E-state index contributed by atoms with van der Waals surface area (Å²) in [7, 11) is 0. The van der Waals surface area contributed by atoms with E-state index in [-0.39, 0.29) is 5.91 Å². The van der Waals surface area contributed by atoms with E-state index in [9.17, 15) is 4.79 Å². The molecule has 30 heavy (non-hydrogen) atoms. The molecule has 1 aromatic heterocycles. The number of halogens is 1. The van der Waals surface area contributed by atoms with Crippen LogP contribution in [0.15, 0.2) is 35.5 Å². The summed E-state index contributed by atoms with van der Waals surface area (Å²) in [6.45, 7) is 7.32. The van der Waals surface area contributed by atoms with E-state index in [1.54, 1.807) is 0 Å². The number of hydrogen-bond acceptors (Lipinski definition) is 6. The van der Waals surface area contributed by atoms with Crippen molar-refractivity contribution < 1.29 is 4.79 Å². The van der Waals surface area contributed by atoms with Crippen LogP contribution < -0.4 is 9.80 Å². The van der Waals surface area contributed by atoms with Crippen molar-refractivity contribution in [3.05, 3.63) is 41.0 Å². The monoisotopic (exact) mass is 445 g/mol. The van der Waals surface area contributed by atoms with E-state index in [0.29, 0.717) is 16.1 Å². The maximum atomic E-state index is 12.7. The number of thioether (sulfide) groups is 1. The third kappa shape index (κ3) is 5.19. The molecule has 0 unspecified atom stereocenters. The molecule has 1 aromatic carbocycles. The fraction of sp³-hybridized carbons (Fsp3) is 0.500. The molecule has 0 aliphatic carbocycles. The molecule has 6 nitrogen and oxygen atoms in total. The Bertz CT molecular complexity index is 882. The highest BCUT2D eigenvalue weighted by atomic mass is 35.5. The molecule has 0 atom stereocenters. The zero-order chi connectivity index (χ0) is 20.9. The molecule has 2 saturated heterocycles. The average molecular weight is 446 g/mol. The summed E-state index contributed by atoms with van der Waals surface area (Å²) < 4.78 is 0. The number of amides is 1. The largest absolute Gasteiger partial charge is 0.368 e. The number of nitrogens with zero attached hydrogens (tertiary/aromatic N) is 5. The van der Waals surface area contributed by atoms with Crippen molar-refractivity contribution in [3.63, 3.8) is 0 Å². The Morgan fingerprint density at radius 2 is 1.73 bits per heavy atom. The minimum Gasteiger partial charge on any atom is -0.368 e. The van der Waals surface area contributed by atoms with E-state index in [0.717, 1.165) is 45.1 Å². The highest BCUT2D eigenvalue weighted by Gasteiger charge is 2.22. The van der Waals surface area contributed by atoms with E-state index < -0.39 is 0 Å². The Morgan fingerprint density at radius 1 is 1.00 bits per heavy atom. The van der Waals surface area contributed by atoms with Crippen molar-refractivity contribution in [2.24, 2.45) is 0 Å². The first kappa shape index (κ1) is 21.2. The van der Waals surface area contributed by atoms with E-state index in [1.165, 1.54) is 42.3 Å². The van der Waals surface area contributed by atoms with Crippen molar-refractivity contribution in [1.29, 1.82) is 0 Å². The van der Waals surface area contributed by atoms with Gasteiger partial charge in [0, 0.05) is 51.0 Å². The first-order valence-corrected chi connectivity index (χ1v) is 12.0. The number of aryl methyl sites for hydroxylation is 1. The van der Waals surface area contributed by atoms with E-state index >= 15 is 0 Å². The number of hydrogen-bond donors (Lipinski definition) is 0. The van der Waals surface area contributed by atoms with Crippen LogP contribution in [0.2, 0.25) is 5.15 Å². The van der Waals surface area contributed by atoms with Crippen molar-refractivity contribution in [3.8, 4) is 0 Å². The van der Waals surface area contributed by atoms with Gasteiger partial charge in [-0.15, -0.1) is 0 Å². The fourth-order valence-electron chi connectivity index (χ4n) is 4.07. The van der Waals surface area contributed by atoms with E-state index in [1.807, 2.05) is 11.0 Å². The highest BCUT2D eigenvalue weighted by Crippen LogP contribution is 2.25. The van der Waals surface area contributed by atoms with Crippen molar-refractivity contribution in [2.75, 3.05) is 54.8 Å². The minimum absolute atomic E-state index is 0.132. The minimum atomic E-state index is 0.132. The van der Waals surface area contributed by atoms with Crippen LogP contribution in [0.3, 0.4) is 0 Å². The summed E-state index contributed by atoms with van der Waals surface area (Å²) >= 11 is 7.60. The molecule has 160 valence electrons. The molecule has 8 heteroatoms. The van der Waals surface area contributed by atoms with Crippen LogP contribution in [-0.2, 0) is 4.79 Å². The fourth-order valence-corrected chi connectivity index (χ4v) is 5.05. The topological polar surface area (TPSA) is 52.6 Å². The van der Waals surface area contributed by atoms with Gasteiger partial charge in [0.05, 0.1) is 5.75 Å². The number of carbonyl (C=O) groups is 1. The molecule has 2 aliphatic rings. The third-order valence-electron chi connectivity index (χ3n) is 5.75. The van der Waals surface area contributed by atoms with Crippen LogP contribution in [0.4, 0.5) is 11.5 Å². The van der Waals surface area contributed by atoms with Crippen molar-refractivity contribution in [1.82, 2.24) is 14.9 Å². The lowest BCUT2D eigenvalue weighted by atomic mass is 10.1. The van der Waals surface area contributed by atoms with Crippen LogP contribution in [0.5, 0.6) is 0 Å². The predicted molar refractivity (Wildman–Crippen MR) is 124 cm³/mol. The molecular formula is C22H28ClN5OS. The summed E-state index contributed by atoms with van der Waals surface area (Å²) in [6, 6.07) is 10.2. The van der Waals surface area contributed by atoms with Crippen molar-refractivity contribution in [2.45, 2.75) is 31.3 Å². The molecule has 1 amide bonds. The Morgan fingerprint density at radius 3 is 2.47 bits per heavy atom. The van der Waals surface area contributed by atoms with Gasteiger partial charge in [0.1, 0.15) is 11.0 Å². The number of rotatable bonds is 5. The van der Waals surface area contributed by atoms with E-state index in [4.69, 9.17) is 11.6 Å². The Kier molecular flexibility index (Phi) is 7.00. The van der Waals surface area contributed by atoms with Crippen LogP contribution in [0.25, 0.3) is 0 Å². The first-order valence-electron chi connectivity index (χ1n) is 10.6. The van der Waals surface area contributed by atoms with Gasteiger partial charge in [-0.25, -0.2) is 9.97 Å². The lowest BCUT2D eigenvalue weighted by molar-refractivity contribution is -0.128. The average Bonchev–Trinajstić information content (AvgIpc) is 2.78. The lowest BCUT2D eigenvalue weighted by Crippen LogP contribution is -2.49. The quantitative estimate of drug-likeness (QED) is 0.395. The maximum absolute atomic E-state index is 12.7. The molecule has 2 aliphatic heterocycles. The van der Waals surface area contributed by atoms with Gasteiger partial charge in [-0.3, -0.25) is 4.79 Å². The predicted octanol–water partition coefficient (Wildman–Crippen LogP) is 3.87. The molecule has 0 radical (unpaired) electrons. The van der Waals surface area contributed by atoms with Crippen LogP contribution in [0, 0.1) is 6.92 Å². The maximum Gasteiger partial charge on any atom is 0.233 e. The summed E-state index contributed by atoms with van der Waals surface area (Å²) in [5.41, 5.74) is 2.53.